The van der Waals surface area contributed by atoms with Crippen LogP contribution in [0.1, 0.15) is 15.9 Å². The number of ketones is 1. The molecule has 0 fully saturated rings. The van der Waals surface area contributed by atoms with Crippen molar-refractivity contribution in [3.05, 3.63) is 64.7 Å². The molecule has 104 valence electrons. The first kappa shape index (κ1) is 14.4. The second-order valence-electron chi connectivity index (χ2n) is 3.91. The van der Waals surface area contributed by atoms with Crippen LogP contribution in [-0.4, -0.2) is 12.1 Å². The first-order chi connectivity index (χ1) is 9.35. The van der Waals surface area contributed by atoms with Gasteiger partial charge in [-0.25, -0.2) is 0 Å². The van der Waals surface area contributed by atoms with Gasteiger partial charge < -0.3 is 4.74 Å². The monoisotopic (exact) mass is 300 g/mol. The molecule has 0 saturated carbocycles. The molecule has 0 aliphatic heterocycles. The van der Waals surface area contributed by atoms with E-state index in [1.165, 1.54) is 36.4 Å². The van der Waals surface area contributed by atoms with Crippen LogP contribution < -0.4 is 4.74 Å². The van der Waals surface area contributed by atoms with Crippen molar-refractivity contribution in [3.63, 3.8) is 0 Å². The number of hydrogen-bond donors (Lipinski definition) is 0. The Morgan fingerprint density at radius 3 is 2.25 bits per heavy atom. The first-order valence-electron chi connectivity index (χ1n) is 5.51. The Bertz CT molecular complexity index is 621. The predicted octanol–water partition coefficient (Wildman–Crippen LogP) is 4.47. The summed E-state index contributed by atoms with van der Waals surface area (Å²) in [7, 11) is 0. The molecule has 0 spiro atoms. The highest BCUT2D eigenvalue weighted by molar-refractivity contribution is 6.30. The molecule has 2 rings (SSSR count). The zero-order valence-corrected chi connectivity index (χ0v) is 10.7. The molecule has 0 aromatic heterocycles. The third kappa shape index (κ3) is 3.74. The Labute approximate surface area is 117 Å². The highest BCUT2D eigenvalue weighted by Gasteiger charge is 2.31. The quantitative estimate of drug-likeness (QED) is 0.782. The number of halogens is 4. The molecule has 6 heteroatoms. The predicted molar refractivity (Wildman–Crippen MR) is 68.0 cm³/mol. The number of carbonyl (C=O) groups excluding carboxylic acids is 1. The van der Waals surface area contributed by atoms with E-state index in [2.05, 4.69) is 4.74 Å². The molecule has 2 aromatic rings. The van der Waals surface area contributed by atoms with Crippen molar-refractivity contribution in [3.8, 4) is 5.75 Å². The first-order valence-corrected chi connectivity index (χ1v) is 5.89. The maximum atomic E-state index is 12.1. The summed E-state index contributed by atoms with van der Waals surface area (Å²) in [5.74, 6) is -0.841. The molecular weight excluding hydrogens is 293 g/mol. The van der Waals surface area contributed by atoms with Crippen LogP contribution in [0.25, 0.3) is 0 Å². The third-order valence-corrected chi connectivity index (χ3v) is 2.69. The summed E-state index contributed by atoms with van der Waals surface area (Å²) in [4.78, 5) is 12.1. The Kier molecular flexibility index (Phi) is 3.99. The fourth-order valence-corrected chi connectivity index (χ4v) is 1.73. The molecule has 0 saturated heterocycles. The van der Waals surface area contributed by atoms with Gasteiger partial charge in [0.05, 0.1) is 0 Å². The van der Waals surface area contributed by atoms with E-state index in [4.69, 9.17) is 11.6 Å². The van der Waals surface area contributed by atoms with Gasteiger partial charge in [0.2, 0.25) is 0 Å². The second-order valence-corrected chi connectivity index (χ2v) is 4.35. The van der Waals surface area contributed by atoms with E-state index in [1.807, 2.05) is 0 Å². The zero-order valence-electron chi connectivity index (χ0n) is 9.95. The molecule has 2 aromatic carbocycles. The van der Waals surface area contributed by atoms with Crippen molar-refractivity contribution >= 4 is 17.4 Å². The lowest BCUT2D eigenvalue weighted by Crippen LogP contribution is -2.17. The summed E-state index contributed by atoms with van der Waals surface area (Å²) in [6.07, 6.45) is -4.79. The molecule has 2 nitrogen and oxygen atoms in total. The SMILES string of the molecule is O=C(c1ccc(Cl)cc1)c1cccc(OC(F)(F)F)c1. The van der Waals surface area contributed by atoms with E-state index < -0.39 is 17.9 Å². The Hall–Kier alpha value is -2.01. The zero-order chi connectivity index (χ0) is 14.8. The molecule has 0 aliphatic carbocycles. The van der Waals surface area contributed by atoms with Gasteiger partial charge in [0.15, 0.2) is 5.78 Å². The summed E-state index contributed by atoms with van der Waals surface area (Å²) in [6, 6.07) is 11.0. The van der Waals surface area contributed by atoms with Crippen LogP contribution in [0.2, 0.25) is 5.02 Å². The number of carbonyl (C=O) groups is 1. The topological polar surface area (TPSA) is 26.3 Å². The van der Waals surface area contributed by atoms with Crippen molar-refractivity contribution in [2.24, 2.45) is 0 Å². The van der Waals surface area contributed by atoms with E-state index in [1.54, 1.807) is 0 Å². The second kappa shape index (κ2) is 5.54. The van der Waals surface area contributed by atoms with E-state index >= 15 is 0 Å². The van der Waals surface area contributed by atoms with Gasteiger partial charge in [0, 0.05) is 16.1 Å². The minimum Gasteiger partial charge on any atom is -0.406 e. The summed E-state index contributed by atoms with van der Waals surface area (Å²) in [5, 5.41) is 0.468. The minimum atomic E-state index is -4.79. The molecule has 0 heterocycles. The van der Waals surface area contributed by atoms with Gasteiger partial charge >= 0.3 is 6.36 Å². The van der Waals surface area contributed by atoms with Crippen LogP contribution in [-0.2, 0) is 0 Å². The molecule has 0 radical (unpaired) electrons. The lowest BCUT2D eigenvalue weighted by atomic mass is 10.0. The smallest absolute Gasteiger partial charge is 0.406 e. The highest BCUT2D eigenvalue weighted by Crippen LogP contribution is 2.24. The molecule has 0 N–H and O–H groups in total. The van der Waals surface area contributed by atoms with Crippen LogP contribution in [0, 0.1) is 0 Å². The van der Waals surface area contributed by atoms with Crippen molar-refractivity contribution < 1.29 is 22.7 Å². The Balaban J connectivity index is 2.26. The lowest BCUT2D eigenvalue weighted by molar-refractivity contribution is -0.274. The van der Waals surface area contributed by atoms with Crippen LogP contribution in [0.3, 0.4) is 0 Å². The maximum absolute atomic E-state index is 12.1. The Morgan fingerprint density at radius 2 is 1.65 bits per heavy atom. The number of benzene rings is 2. The minimum absolute atomic E-state index is 0.106. The van der Waals surface area contributed by atoms with Crippen molar-refractivity contribution in [2.75, 3.05) is 0 Å². The van der Waals surface area contributed by atoms with E-state index in [0.717, 1.165) is 12.1 Å². The largest absolute Gasteiger partial charge is 0.573 e. The third-order valence-electron chi connectivity index (χ3n) is 2.44. The molecule has 0 amide bonds. The lowest BCUT2D eigenvalue weighted by Gasteiger charge is -2.09. The number of alkyl halides is 3. The summed E-state index contributed by atoms with van der Waals surface area (Å²) >= 11 is 5.70. The number of ether oxygens (including phenoxy) is 1. The fraction of sp³-hybridized carbons (Fsp3) is 0.0714. The van der Waals surface area contributed by atoms with Crippen LogP contribution in [0.5, 0.6) is 5.75 Å². The normalized spacial score (nSPS) is 11.2. The van der Waals surface area contributed by atoms with Gasteiger partial charge in [0.1, 0.15) is 5.75 Å². The standard InChI is InChI=1S/C14H8ClF3O2/c15-11-6-4-9(5-7-11)13(19)10-2-1-3-12(8-10)20-14(16,17)18/h1-8H. The number of rotatable bonds is 3. The summed E-state index contributed by atoms with van der Waals surface area (Å²) in [6.45, 7) is 0. The maximum Gasteiger partial charge on any atom is 0.573 e. The van der Waals surface area contributed by atoms with Gasteiger partial charge in [0.25, 0.3) is 0 Å². The molecular formula is C14H8ClF3O2. The van der Waals surface area contributed by atoms with Crippen LogP contribution >= 0.6 is 11.6 Å². The molecule has 0 atom stereocenters. The van der Waals surface area contributed by atoms with Gasteiger partial charge in [-0.2, -0.15) is 0 Å². The van der Waals surface area contributed by atoms with Crippen molar-refractivity contribution in [1.82, 2.24) is 0 Å². The van der Waals surface area contributed by atoms with Crippen molar-refractivity contribution in [1.29, 1.82) is 0 Å². The van der Waals surface area contributed by atoms with Gasteiger partial charge in [-0.15, -0.1) is 13.2 Å². The van der Waals surface area contributed by atoms with Gasteiger partial charge in [-0.1, -0.05) is 23.7 Å². The average molecular weight is 301 g/mol. The number of hydrogen-bond acceptors (Lipinski definition) is 2. The van der Waals surface area contributed by atoms with E-state index in [-0.39, 0.29) is 5.56 Å². The average Bonchev–Trinajstić information content (AvgIpc) is 2.37. The molecule has 0 aliphatic rings. The van der Waals surface area contributed by atoms with Crippen molar-refractivity contribution in [2.45, 2.75) is 6.36 Å². The highest BCUT2D eigenvalue weighted by atomic mass is 35.5. The van der Waals surface area contributed by atoms with Crippen LogP contribution in [0.4, 0.5) is 13.2 Å². The molecule has 0 unspecified atom stereocenters. The fourth-order valence-electron chi connectivity index (χ4n) is 1.60. The molecule has 20 heavy (non-hydrogen) atoms. The summed E-state index contributed by atoms with van der Waals surface area (Å²) < 4.78 is 40.1. The molecule has 0 bridgehead atoms. The summed E-state index contributed by atoms with van der Waals surface area (Å²) in [5.41, 5.74) is 0.438. The van der Waals surface area contributed by atoms with Crippen LogP contribution in [0.15, 0.2) is 48.5 Å². The Morgan fingerprint density at radius 1 is 1.00 bits per heavy atom. The van der Waals surface area contributed by atoms with Gasteiger partial charge in [-0.3, -0.25) is 4.79 Å². The van der Waals surface area contributed by atoms with Gasteiger partial charge in [-0.05, 0) is 36.4 Å². The van der Waals surface area contributed by atoms with E-state index in [9.17, 15) is 18.0 Å². The van der Waals surface area contributed by atoms with E-state index in [0.29, 0.717) is 10.6 Å².